The van der Waals surface area contributed by atoms with Gasteiger partial charge in [-0.25, -0.2) is 4.98 Å². The van der Waals surface area contributed by atoms with Crippen LogP contribution in [0.5, 0.6) is 0 Å². The molecule has 0 aromatic carbocycles. The minimum Gasteiger partial charge on any atom is -0.368 e. The zero-order valence-electron chi connectivity index (χ0n) is 11.1. The van der Waals surface area contributed by atoms with E-state index in [0.717, 1.165) is 6.54 Å². The van der Waals surface area contributed by atoms with Crippen molar-refractivity contribution in [3.05, 3.63) is 22.7 Å². The van der Waals surface area contributed by atoms with Crippen LogP contribution in [0, 0.1) is 5.92 Å². The Balaban J connectivity index is 1.95. The molecule has 1 aliphatic heterocycles. The first-order valence-electron chi connectivity index (χ1n) is 6.69. The number of likely N-dealkylation sites (tertiary alicyclic amines) is 1. The van der Waals surface area contributed by atoms with Crippen molar-refractivity contribution in [2.45, 2.75) is 32.7 Å². The fraction of sp³-hybridized carbons (Fsp3) is 0.692. The van der Waals surface area contributed by atoms with E-state index in [1.165, 1.54) is 38.3 Å². The average Bonchev–Trinajstić information content (AvgIpc) is 2.82. The Morgan fingerprint density at radius 3 is 2.78 bits per heavy atom. The van der Waals surface area contributed by atoms with Crippen LogP contribution in [-0.2, 0) is 0 Å². The van der Waals surface area contributed by atoms with Gasteiger partial charge in [0.25, 0.3) is 5.56 Å². The van der Waals surface area contributed by atoms with Gasteiger partial charge in [0.2, 0.25) is 0 Å². The largest absolute Gasteiger partial charge is 0.368 e. The van der Waals surface area contributed by atoms with Crippen LogP contribution >= 0.6 is 0 Å². The Morgan fingerprint density at radius 1 is 1.44 bits per heavy atom. The van der Waals surface area contributed by atoms with Crippen LogP contribution in [0.25, 0.3) is 0 Å². The van der Waals surface area contributed by atoms with Gasteiger partial charge in [0, 0.05) is 18.7 Å². The maximum absolute atomic E-state index is 11.2. The molecule has 1 aromatic rings. The van der Waals surface area contributed by atoms with Crippen molar-refractivity contribution in [1.82, 2.24) is 14.9 Å². The van der Waals surface area contributed by atoms with Gasteiger partial charge in [-0.1, -0.05) is 13.8 Å². The Bertz CT molecular complexity index is 423. The van der Waals surface area contributed by atoms with Crippen LogP contribution in [-0.4, -0.2) is 40.5 Å². The second-order valence-corrected chi connectivity index (χ2v) is 5.23. The lowest BCUT2D eigenvalue weighted by Crippen LogP contribution is -2.42. The molecule has 1 aliphatic rings. The Hall–Kier alpha value is -1.36. The topological polar surface area (TPSA) is 61.0 Å². The Kier molecular flexibility index (Phi) is 4.36. The van der Waals surface area contributed by atoms with Crippen molar-refractivity contribution in [3.63, 3.8) is 0 Å². The molecule has 2 heterocycles. The standard InChI is InChI=1S/C13H22N4O/c1-10(2)11(17-5-3-4-6-17)8-14-12-7-13(18)16-9-15-12/h7,9-11H,3-6,8H2,1-2H3,(H2,14,15,16,18). The number of nitrogens with one attached hydrogen (secondary N) is 2. The average molecular weight is 250 g/mol. The van der Waals surface area contributed by atoms with E-state index in [1.807, 2.05) is 0 Å². The van der Waals surface area contributed by atoms with E-state index in [-0.39, 0.29) is 5.56 Å². The summed E-state index contributed by atoms with van der Waals surface area (Å²) in [5.41, 5.74) is -0.116. The predicted octanol–water partition coefficient (Wildman–Crippen LogP) is 1.30. The van der Waals surface area contributed by atoms with Gasteiger partial charge in [-0.15, -0.1) is 0 Å². The summed E-state index contributed by atoms with van der Waals surface area (Å²) >= 11 is 0. The molecular weight excluding hydrogens is 228 g/mol. The lowest BCUT2D eigenvalue weighted by Gasteiger charge is -2.31. The van der Waals surface area contributed by atoms with Gasteiger partial charge in [0.1, 0.15) is 5.82 Å². The van der Waals surface area contributed by atoms with E-state index in [2.05, 4.69) is 34.0 Å². The maximum atomic E-state index is 11.2. The van der Waals surface area contributed by atoms with Crippen molar-refractivity contribution in [2.24, 2.45) is 5.92 Å². The highest BCUT2D eigenvalue weighted by Crippen LogP contribution is 2.17. The number of aromatic nitrogens is 2. The number of hydrogen-bond acceptors (Lipinski definition) is 4. The van der Waals surface area contributed by atoms with Crippen molar-refractivity contribution >= 4 is 5.82 Å². The minimum atomic E-state index is -0.116. The highest BCUT2D eigenvalue weighted by Gasteiger charge is 2.24. The summed E-state index contributed by atoms with van der Waals surface area (Å²) in [6, 6.07) is 2.01. The van der Waals surface area contributed by atoms with E-state index in [1.54, 1.807) is 0 Å². The zero-order chi connectivity index (χ0) is 13.0. The summed E-state index contributed by atoms with van der Waals surface area (Å²) in [4.78, 5) is 20.3. The second-order valence-electron chi connectivity index (χ2n) is 5.23. The van der Waals surface area contributed by atoms with Crippen molar-refractivity contribution in [1.29, 1.82) is 0 Å². The van der Waals surface area contributed by atoms with Crippen molar-refractivity contribution in [2.75, 3.05) is 25.0 Å². The molecule has 0 bridgehead atoms. The fourth-order valence-electron chi connectivity index (χ4n) is 2.53. The minimum absolute atomic E-state index is 0.116. The third-order valence-electron chi connectivity index (χ3n) is 3.55. The molecule has 2 N–H and O–H groups in total. The molecule has 1 fully saturated rings. The molecule has 0 spiro atoms. The summed E-state index contributed by atoms with van der Waals surface area (Å²) in [6.45, 7) is 7.71. The highest BCUT2D eigenvalue weighted by molar-refractivity contribution is 5.31. The Morgan fingerprint density at radius 2 is 2.17 bits per heavy atom. The molecule has 1 unspecified atom stereocenters. The first-order chi connectivity index (χ1) is 8.66. The van der Waals surface area contributed by atoms with E-state index in [0.29, 0.717) is 17.8 Å². The summed E-state index contributed by atoms with van der Waals surface area (Å²) in [6.07, 6.45) is 4.03. The van der Waals surface area contributed by atoms with Gasteiger partial charge in [0.05, 0.1) is 6.33 Å². The molecule has 18 heavy (non-hydrogen) atoms. The van der Waals surface area contributed by atoms with E-state index in [9.17, 15) is 4.79 Å². The number of anilines is 1. The molecule has 0 aliphatic carbocycles. The quantitative estimate of drug-likeness (QED) is 0.827. The monoisotopic (exact) mass is 250 g/mol. The van der Waals surface area contributed by atoms with Crippen LogP contribution in [0.1, 0.15) is 26.7 Å². The van der Waals surface area contributed by atoms with Crippen LogP contribution in [0.3, 0.4) is 0 Å². The lowest BCUT2D eigenvalue weighted by molar-refractivity contribution is 0.201. The molecule has 100 valence electrons. The smallest absolute Gasteiger partial charge is 0.252 e. The number of hydrogen-bond donors (Lipinski definition) is 2. The molecule has 0 saturated carbocycles. The maximum Gasteiger partial charge on any atom is 0.252 e. The van der Waals surface area contributed by atoms with Crippen molar-refractivity contribution in [3.8, 4) is 0 Å². The SMILES string of the molecule is CC(C)C(CNc1cc(=O)[nH]cn1)N1CCCC1. The van der Waals surface area contributed by atoms with Crippen LogP contribution in [0.4, 0.5) is 5.82 Å². The molecule has 1 atom stereocenters. The number of aromatic amines is 1. The van der Waals surface area contributed by atoms with Gasteiger partial charge in [0.15, 0.2) is 0 Å². The number of H-pyrrole nitrogens is 1. The van der Waals surface area contributed by atoms with E-state index >= 15 is 0 Å². The molecular formula is C13H22N4O. The summed E-state index contributed by atoms with van der Waals surface area (Å²) < 4.78 is 0. The van der Waals surface area contributed by atoms with Crippen LogP contribution in [0.2, 0.25) is 0 Å². The molecule has 0 radical (unpaired) electrons. The Labute approximate surface area is 108 Å². The molecule has 1 saturated heterocycles. The number of rotatable bonds is 5. The van der Waals surface area contributed by atoms with Gasteiger partial charge in [-0.05, 0) is 31.8 Å². The lowest BCUT2D eigenvalue weighted by atomic mass is 10.0. The van der Waals surface area contributed by atoms with Gasteiger partial charge < -0.3 is 10.3 Å². The zero-order valence-corrected chi connectivity index (χ0v) is 11.1. The summed E-state index contributed by atoms with van der Waals surface area (Å²) in [5, 5.41) is 3.27. The van der Waals surface area contributed by atoms with Gasteiger partial charge in [-0.2, -0.15) is 0 Å². The molecule has 5 nitrogen and oxygen atoms in total. The van der Waals surface area contributed by atoms with Crippen molar-refractivity contribution < 1.29 is 0 Å². The first kappa shape index (κ1) is 13.1. The molecule has 1 aromatic heterocycles. The molecule has 0 amide bonds. The normalized spacial score (nSPS) is 18.2. The van der Waals surface area contributed by atoms with E-state index < -0.39 is 0 Å². The third-order valence-corrected chi connectivity index (χ3v) is 3.55. The number of nitrogens with zero attached hydrogens (tertiary/aromatic N) is 2. The highest BCUT2D eigenvalue weighted by atomic mass is 16.1. The fourth-order valence-corrected chi connectivity index (χ4v) is 2.53. The molecule has 2 rings (SSSR count). The third kappa shape index (κ3) is 3.32. The first-order valence-corrected chi connectivity index (χ1v) is 6.69. The summed E-state index contributed by atoms with van der Waals surface area (Å²) in [5.74, 6) is 1.25. The van der Waals surface area contributed by atoms with Crippen LogP contribution in [0.15, 0.2) is 17.2 Å². The van der Waals surface area contributed by atoms with Crippen LogP contribution < -0.4 is 10.9 Å². The van der Waals surface area contributed by atoms with Gasteiger partial charge in [-0.3, -0.25) is 9.69 Å². The summed E-state index contributed by atoms with van der Waals surface area (Å²) in [7, 11) is 0. The van der Waals surface area contributed by atoms with E-state index in [4.69, 9.17) is 0 Å². The molecule has 5 heteroatoms. The van der Waals surface area contributed by atoms with Gasteiger partial charge >= 0.3 is 0 Å². The second kappa shape index (κ2) is 6.00. The predicted molar refractivity (Wildman–Crippen MR) is 72.8 cm³/mol.